The predicted octanol–water partition coefficient (Wildman–Crippen LogP) is 3.70. The Hall–Kier alpha value is -2.58. The molecule has 0 aliphatic carbocycles. The van der Waals surface area contributed by atoms with E-state index in [0.29, 0.717) is 10.8 Å². The Morgan fingerprint density at radius 2 is 1.95 bits per heavy atom. The Balaban J connectivity index is 2.11. The van der Waals surface area contributed by atoms with Crippen LogP contribution in [-0.2, 0) is 6.61 Å². The van der Waals surface area contributed by atoms with Crippen LogP contribution in [0.15, 0.2) is 42.5 Å². The molecule has 0 aromatic heterocycles. The van der Waals surface area contributed by atoms with Crippen molar-refractivity contribution in [2.45, 2.75) is 6.61 Å². The van der Waals surface area contributed by atoms with Crippen molar-refractivity contribution in [2.24, 2.45) is 0 Å². The van der Waals surface area contributed by atoms with Gasteiger partial charge < -0.3 is 4.74 Å². The quantitative estimate of drug-likeness (QED) is 0.635. The van der Waals surface area contributed by atoms with Crippen LogP contribution in [0.3, 0.4) is 0 Å². The van der Waals surface area contributed by atoms with Crippen LogP contribution in [-0.4, -0.2) is 4.92 Å². The van der Waals surface area contributed by atoms with Gasteiger partial charge in [0, 0.05) is 12.1 Å². The number of hydrogen-bond donors (Lipinski definition) is 0. The maximum atomic E-state index is 10.5. The molecule has 2 aromatic rings. The largest absolute Gasteiger partial charge is 0.487 e. The number of non-ortho nitro benzene ring substituents is 1. The Morgan fingerprint density at radius 3 is 2.55 bits per heavy atom. The van der Waals surface area contributed by atoms with E-state index < -0.39 is 4.92 Å². The number of hydrogen-bond acceptors (Lipinski definition) is 4. The minimum Gasteiger partial charge on any atom is -0.487 e. The summed E-state index contributed by atoms with van der Waals surface area (Å²) >= 11 is 5.89. The smallest absolute Gasteiger partial charge is 0.269 e. The summed E-state index contributed by atoms with van der Waals surface area (Å²) in [5.41, 5.74) is 1.06. The molecule has 0 saturated heterocycles. The van der Waals surface area contributed by atoms with E-state index in [4.69, 9.17) is 21.6 Å². The molecule has 0 bridgehead atoms. The van der Waals surface area contributed by atoms with Gasteiger partial charge in [-0.2, -0.15) is 5.26 Å². The van der Waals surface area contributed by atoms with Crippen LogP contribution in [0, 0.1) is 21.4 Å². The molecular formula is C14H9ClN2O3. The molecule has 6 heteroatoms. The van der Waals surface area contributed by atoms with Crippen LogP contribution >= 0.6 is 11.6 Å². The third kappa shape index (κ3) is 3.05. The molecular weight excluding hydrogens is 280 g/mol. The highest BCUT2D eigenvalue weighted by atomic mass is 35.5. The highest BCUT2D eigenvalue weighted by molar-refractivity contribution is 6.31. The lowest BCUT2D eigenvalue weighted by Gasteiger charge is -2.08. The van der Waals surface area contributed by atoms with Crippen molar-refractivity contribution in [2.75, 3.05) is 0 Å². The maximum Gasteiger partial charge on any atom is 0.269 e. The van der Waals surface area contributed by atoms with E-state index in [-0.39, 0.29) is 17.9 Å². The van der Waals surface area contributed by atoms with Gasteiger partial charge in [0.2, 0.25) is 0 Å². The molecule has 5 nitrogen and oxygen atoms in total. The van der Waals surface area contributed by atoms with Gasteiger partial charge in [0.15, 0.2) is 0 Å². The van der Waals surface area contributed by atoms with Gasteiger partial charge in [-0.05, 0) is 29.8 Å². The fraction of sp³-hybridized carbons (Fsp3) is 0.0714. The second-order valence-electron chi connectivity index (χ2n) is 3.94. The number of nitrogens with zero attached hydrogens (tertiary/aromatic N) is 2. The van der Waals surface area contributed by atoms with Crippen LogP contribution in [0.1, 0.15) is 11.1 Å². The molecule has 0 fully saturated rings. The molecule has 0 aliphatic heterocycles. The summed E-state index contributed by atoms with van der Waals surface area (Å²) in [5.74, 6) is 0.387. The van der Waals surface area contributed by atoms with Crippen LogP contribution in [0.4, 0.5) is 5.69 Å². The molecule has 0 spiro atoms. The molecule has 0 atom stereocenters. The standard InChI is InChI=1S/C14H9ClN2O3/c15-13-2-1-3-14(12(13)8-16)20-9-10-4-6-11(7-5-10)17(18)19/h1-7H,9H2. The zero-order valence-electron chi connectivity index (χ0n) is 10.2. The van der Waals surface area contributed by atoms with Gasteiger partial charge in [-0.1, -0.05) is 17.7 Å². The van der Waals surface area contributed by atoms with Crippen molar-refractivity contribution >= 4 is 17.3 Å². The highest BCUT2D eigenvalue weighted by Crippen LogP contribution is 2.26. The van der Waals surface area contributed by atoms with E-state index in [1.54, 1.807) is 30.3 Å². The molecule has 0 unspecified atom stereocenters. The first kappa shape index (κ1) is 13.8. The van der Waals surface area contributed by atoms with Crippen molar-refractivity contribution in [1.82, 2.24) is 0 Å². The SMILES string of the molecule is N#Cc1c(Cl)cccc1OCc1ccc([N+](=O)[O-])cc1. The Labute approximate surface area is 120 Å². The zero-order valence-corrected chi connectivity index (χ0v) is 11.0. The summed E-state index contributed by atoms with van der Waals surface area (Å²) in [6.45, 7) is 0.201. The number of nitro groups is 1. The topological polar surface area (TPSA) is 76.2 Å². The minimum absolute atomic E-state index is 0.0224. The van der Waals surface area contributed by atoms with Crippen molar-refractivity contribution in [3.8, 4) is 11.8 Å². The summed E-state index contributed by atoms with van der Waals surface area (Å²) in [7, 11) is 0. The lowest BCUT2D eigenvalue weighted by atomic mass is 10.2. The lowest BCUT2D eigenvalue weighted by Crippen LogP contribution is -1.98. The van der Waals surface area contributed by atoms with Crippen molar-refractivity contribution in [3.05, 3.63) is 68.7 Å². The van der Waals surface area contributed by atoms with Crippen molar-refractivity contribution in [3.63, 3.8) is 0 Å². The van der Waals surface area contributed by atoms with Crippen LogP contribution < -0.4 is 4.74 Å². The second kappa shape index (κ2) is 6.04. The summed E-state index contributed by atoms with van der Waals surface area (Å²) in [6, 6.07) is 12.9. The summed E-state index contributed by atoms with van der Waals surface area (Å²) in [6.07, 6.45) is 0. The first-order valence-corrected chi connectivity index (χ1v) is 6.04. The first-order chi connectivity index (χ1) is 9.61. The average Bonchev–Trinajstić information content (AvgIpc) is 2.45. The van der Waals surface area contributed by atoms with Crippen LogP contribution in [0.5, 0.6) is 5.75 Å². The maximum absolute atomic E-state index is 10.5. The first-order valence-electron chi connectivity index (χ1n) is 5.66. The fourth-order valence-electron chi connectivity index (χ4n) is 1.61. The van der Waals surface area contributed by atoms with Gasteiger partial charge in [0.25, 0.3) is 5.69 Å². The predicted molar refractivity (Wildman–Crippen MR) is 73.6 cm³/mol. The van der Waals surface area contributed by atoms with Gasteiger partial charge in [-0.3, -0.25) is 10.1 Å². The van der Waals surface area contributed by atoms with Gasteiger partial charge in [-0.15, -0.1) is 0 Å². The number of ether oxygens (including phenoxy) is 1. The normalized spacial score (nSPS) is 9.80. The summed E-state index contributed by atoms with van der Waals surface area (Å²) in [4.78, 5) is 10.1. The molecule has 0 aliphatic rings. The Kier molecular flexibility index (Phi) is 4.18. The van der Waals surface area contributed by atoms with Crippen molar-refractivity contribution < 1.29 is 9.66 Å². The summed E-state index contributed by atoms with van der Waals surface area (Å²) in [5, 5.41) is 19.9. The van der Waals surface area contributed by atoms with E-state index >= 15 is 0 Å². The molecule has 0 radical (unpaired) electrons. The Bertz CT molecular complexity index is 678. The van der Waals surface area contributed by atoms with E-state index in [1.165, 1.54) is 12.1 Å². The second-order valence-corrected chi connectivity index (χ2v) is 4.34. The van der Waals surface area contributed by atoms with Crippen LogP contribution in [0.25, 0.3) is 0 Å². The van der Waals surface area contributed by atoms with Crippen molar-refractivity contribution in [1.29, 1.82) is 5.26 Å². The van der Waals surface area contributed by atoms with E-state index in [9.17, 15) is 10.1 Å². The van der Waals surface area contributed by atoms with Crippen LogP contribution in [0.2, 0.25) is 5.02 Å². The lowest BCUT2D eigenvalue weighted by molar-refractivity contribution is -0.384. The minimum atomic E-state index is -0.463. The molecule has 100 valence electrons. The van der Waals surface area contributed by atoms with Gasteiger partial charge >= 0.3 is 0 Å². The van der Waals surface area contributed by atoms with Gasteiger partial charge in [-0.25, -0.2) is 0 Å². The third-order valence-corrected chi connectivity index (χ3v) is 2.94. The summed E-state index contributed by atoms with van der Waals surface area (Å²) < 4.78 is 5.52. The molecule has 0 saturated carbocycles. The van der Waals surface area contributed by atoms with E-state index in [2.05, 4.69) is 0 Å². The molecule has 0 heterocycles. The monoisotopic (exact) mass is 288 g/mol. The average molecular weight is 289 g/mol. The highest BCUT2D eigenvalue weighted by Gasteiger charge is 2.08. The molecule has 0 amide bonds. The zero-order chi connectivity index (χ0) is 14.5. The molecule has 20 heavy (non-hydrogen) atoms. The number of nitro benzene ring substituents is 1. The third-order valence-electron chi connectivity index (χ3n) is 2.63. The van der Waals surface area contributed by atoms with Gasteiger partial charge in [0.05, 0.1) is 9.95 Å². The number of nitriles is 1. The number of rotatable bonds is 4. The molecule has 2 rings (SSSR count). The molecule has 0 N–H and O–H groups in total. The number of halogens is 1. The number of benzene rings is 2. The molecule has 2 aromatic carbocycles. The van der Waals surface area contributed by atoms with Gasteiger partial charge in [0.1, 0.15) is 24.0 Å². The fourth-order valence-corrected chi connectivity index (χ4v) is 1.82. The Morgan fingerprint density at radius 1 is 1.25 bits per heavy atom. The van der Waals surface area contributed by atoms with E-state index in [0.717, 1.165) is 5.56 Å². The van der Waals surface area contributed by atoms with E-state index in [1.807, 2.05) is 6.07 Å².